The summed E-state index contributed by atoms with van der Waals surface area (Å²) < 4.78 is 85.2. The third-order valence-corrected chi connectivity index (χ3v) is 3.72. The summed E-state index contributed by atoms with van der Waals surface area (Å²) in [4.78, 5) is 17.9. The Morgan fingerprint density at radius 1 is 1.00 bits per heavy atom. The van der Waals surface area contributed by atoms with Crippen molar-refractivity contribution >= 4 is 7.75 Å². The second-order valence-corrected chi connectivity index (χ2v) is 6.55. The predicted molar refractivity (Wildman–Crippen MR) is 60.2 cm³/mol. The molecule has 0 amide bonds. The van der Waals surface area contributed by atoms with Crippen LogP contribution in [0.3, 0.4) is 0 Å². The lowest BCUT2D eigenvalue weighted by Gasteiger charge is -2.37. The Labute approximate surface area is 116 Å². The lowest BCUT2D eigenvalue weighted by atomic mass is 9.94. The van der Waals surface area contributed by atoms with Gasteiger partial charge in [-0.05, 0) is 13.8 Å². The largest absolute Gasteiger partial charge is 0.403 e. The quantitative estimate of drug-likeness (QED) is 0.508. The fraction of sp³-hybridized carbons (Fsp3) is 1.00. The summed E-state index contributed by atoms with van der Waals surface area (Å²) in [6, 6.07) is -1.07. The van der Waals surface area contributed by atoms with Gasteiger partial charge in [0.05, 0.1) is 18.4 Å². The van der Waals surface area contributed by atoms with Gasteiger partial charge >= 0.3 is 20.1 Å². The number of rotatable bonds is 6. The van der Waals surface area contributed by atoms with Gasteiger partial charge in [-0.2, -0.15) is 26.3 Å². The molecule has 5 nitrogen and oxygen atoms in total. The minimum atomic E-state index is -5.13. The van der Waals surface area contributed by atoms with Gasteiger partial charge in [0, 0.05) is 12.6 Å². The average Bonchev–Trinajstić information content (AvgIpc) is 2.04. The van der Waals surface area contributed by atoms with Crippen LogP contribution in [-0.2, 0) is 4.57 Å². The number of hydrogen-bond acceptors (Lipinski definition) is 2. The van der Waals surface area contributed by atoms with Crippen LogP contribution in [0.1, 0.15) is 26.7 Å². The van der Waals surface area contributed by atoms with E-state index in [1.165, 1.54) is 13.8 Å². The van der Waals surface area contributed by atoms with E-state index < -0.39 is 51.1 Å². The molecule has 0 radical (unpaired) electrons. The standard InChI is InChI=1S/C9H16F6NO4P/c1-6(2)16(21(18,19)20)5-7(17,3-8(10,11)12)4-9(13,14)15/h6,17H,3-5H2,1-2H3,(H2,18,19,20). The molecule has 0 heterocycles. The maximum absolute atomic E-state index is 12.3. The van der Waals surface area contributed by atoms with Crippen molar-refractivity contribution in [2.75, 3.05) is 6.54 Å². The van der Waals surface area contributed by atoms with Crippen LogP contribution in [0.2, 0.25) is 0 Å². The molecule has 21 heavy (non-hydrogen) atoms. The molecule has 12 heteroatoms. The van der Waals surface area contributed by atoms with Gasteiger partial charge in [0.1, 0.15) is 0 Å². The molecule has 0 fully saturated rings. The van der Waals surface area contributed by atoms with Crippen molar-refractivity contribution in [3.05, 3.63) is 0 Å². The highest BCUT2D eigenvalue weighted by Gasteiger charge is 2.50. The number of hydrogen-bond donors (Lipinski definition) is 3. The number of alkyl halides is 6. The molecule has 0 aliphatic heterocycles. The fourth-order valence-electron chi connectivity index (χ4n) is 1.80. The zero-order valence-corrected chi connectivity index (χ0v) is 12.0. The van der Waals surface area contributed by atoms with E-state index in [1.807, 2.05) is 0 Å². The van der Waals surface area contributed by atoms with Crippen molar-refractivity contribution < 1.29 is 45.8 Å². The first-order valence-electron chi connectivity index (χ1n) is 5.64. The minimum Gasteiger partial charge on any atom is -0.388 e. The Kier molecular flexibility index (Phi) is 6.30. The van der Waals surface area contributed by atoms with Crippen LogP contribution in [0.4, 0.5) is 26.3 Å². The second kappa shape index (κ2) is 6.41. The summed E-state index contributed by atoms with van der Waals surface area (Å²) in [5, 5.41) is 9.64. The zero-order chi connectivity index (χ0) is 17.3. The van der Waals surface area contributed by atoms with E-state index in [2.05, 4.69) is 0 Å². The Balaban J connectivity index is 5.45. The van der Waals surface area contributed by atoms with E-state index in [4.69, 9.17) is 9.79 Å². The third-order valence-electron chi connectivity index (χ3n) is 2.45. The number of aliphatic hydroxyl groups is 1. The Bertz CT molecular complexity index is 375. The van der Waals surface area contributed by atoms with Crippen molar-refractivity contribution in [3.8, 4) is 0 Å². The summed E-state index contributed by atoms with van der Waals surface area (Å²) in [5.74, 6) is 0. The normalized spacial score (nSPS) is 15.1. The van der Waals surface area contributed by atoms with E-state index in [-0.39, 0.29) is 4.67 Å². The first-order valence-corrected chi connectivity index (χ1v) is 7.20. The molecule has 128 valence electrons. The van der Waals surface area contributed by atoms with Crippen molar-refractivity contribution in [1.82, 2.24) is 4.67 Å². The van der Waals surface area contributed by atoms with Gasteiger partial charge < -0.3 is 14.9 Å². The van der Waals surface area contributed by atoms with Gasteiger partial charge in [-0.15, -0.1) is 0 Å². The van der Waals surface area contributed by atoms with E-state index in [1.54, 1.807) is 0 Å². The predicted octanol–water partition coefficient (Wildman–Crippen LogP) is 2.43. The second-order valence-electron chi connectivity index (χ2n) is 5.01. The topological polar surface area (TPSA) is 81.0 Å². The van der Waals surface area contributed by atoms with Gasteiger partial charge in [0.25, 0.3) is 0 Å². The Hall–Kier alpha value is -0.350. The molecule has 0 saturated carbocycles. The molecule has 0 aromatic rings. The van der Waals surface area contributed by atoms with Crippen LogP contribution < -0.4 is 0 Å². The minimum absolute atomic E-state index is 0.102. The monoisotopic (exact) mass is 347 g/mol. The molecule has 0 aliphatic carbocycles. The van der Waals surface area contributed by atoms with Gasteiger partial charge in [-0.3, -0.25) is 0 Å². The molecule has 0 aliphatic rings. The van der Waals surface area contributed by atoms with Gasteiger partial charge in [0.2, 0.25) is 0 Å². The molecule has 0 saturated heterocycles. The molecule has 0 spiro atoms. The molecule has 0 aromatic heterocycles. The first kappa shape index (κ1) is 20.6. The maximum atomic E-state index is 12.3. The SMILES string of the molecule is CC(C)N(CC(O)(CC(F)(F)F)CC(F)(F)F)P(=O)(O)O. The molecular formula is C9H16F6NO4P. The lowest BCUT2D eigenvalue weighted by molar-refractivity contribution is -0.219. The summed E-state index contributed by atoms with van der Waals surface area (Å²) in [7, 11) is -5.12. The maximum Gasteiger partial charge on any atom is 0.403 e. The van der Waals surface area contributed by atoms with Gasteiger partial charge in [-0.1, -0.05) is 0 Å². The third kappa shape index (κ3) is 8.62. The highest BCUT2D eigenvalue weighted by Crippen LogP contribution is 2.45. The smallest absolute Gasteiger partial charge is 0.388 e. The van der Waals surface area contributed by atoms with Crippen molar-refractivity contribution in [1.29, 1.82) is 0 Å². The fourth-order valence-corrected chi connectivity index (χ4v) is 2.85. The zero-order valence-electron chi connectivity index (χ0n) is 11.1. The Morgan fingerprint density at radius 3 is 1.52 bits per heavy atom. The molecule has 0 unspecified atom stereocenters. The summed E-state index contributed by atoms with van der Waals surface area (Å²) in [6.07, 6.45) is -14.7. The summed E-state index contributed by atoms with van der Waals surface area (Å²) in [6.45, 7) is 0.870. The van der Waals surface area contributed by atoms with Crippen LogP contribution >= 0.6 is 7.75 Å². The highest BCUT2D eigenvalue weighted by molar-refractivity contribution is 7.49. The van der Waals surface area contributed by atoms with Gasteiger partial charge in [-0.25, -0.2) is 9.24 Å². The van der Waals surface area contributed by atoms with Crippen LogP contribution in [0, 0.1) is 0 Å². The molecule has 0 bridgehead atoms. The summed E-state index contributed by atoms with van der Waals surface area (Å²) >= 11 is 0. The van der Waals surface area contributed by atoms with E-state index in [9.17, 15) is 36.0 Å². The van der Waals surface area contributed by atoms with Crippen LogP contribution in [0.15, 0.2) is 0 Å². The first-order chi connectivity index (χ1) is 8.95. The lowest BCUT2D eigenvalue weighted by Crippen LogP contribution is -2.49. The van der Waals surface area contributed by atoms with E-state index in [0.717, 1.165) is 0 Å². The van der Waals surface area contributed by atoms with Crippen LogP contribution in [0.25, 0.3) is 0 Å². The van der Waals surface area contributed by atoms with E-state index >= 15 is 0 Å². The summed E-state index contributed by atoms with van der Waals surface area (Å²) in [5.41, 5.74) is -3.39. The molecular weight excluding hydrogens is 331 g/mol. The molecule has 0 atom stereocenters. The number of halogens is 6. The van der Waals surface area contributed by atoms with E-state index in [0.29, 0.717) is 0 Å². The Morgan fingerprint density at radius 2 is 1.33 bits per heavy atom. The van der Waals surface area contributed by atoms with Crippen molar-refractivity contribution in [3.63, 3.8) is 0 Å². The molecule has 0 aromatic carbocycles. The highest BCUT2D eigenvalue weighted by atomic mass is 31.2. The molecule has 0 rings (SSSR count). The average molecular weight is 347 g/mol. The van der Waals surface area contributed by atoms with Crippen molar-refractivity contribution in [2.24, 2.45) is 0 Å². The van der Waals surface area contributed by atoms with Crippen molar-refractivity contribution in [2.45, 2.75) is 50.7 Å². The van der Waals surface area contributed by atoms with Crippen LogP contribution in [0.5, 0.6) is 0 Å². The van der Waals surface area contributed by atoms with Gasteiger partial charge in [0.15, 0.2) is 0 Å². The van der Waals surface area contributed by atoms with Crippen LogP contribution in [-0.4, -0.2) is 50.1 Å². The number of nitrogens with zero attached hydrogens (tertiary/aromatic N) is 1. The molecule has 3 N–H and O–H groups in total.